The van der Waals surface area contributed by atoms with Crippen molar-refractivity contribution in [3.8, 4) is 23.7 Å². The van der Waals surface area contributed by atoms with Crippen LogP contribution in [0.1, 0.15) is 133 Å². The highest BCUT2D eigenvalue weighted by atomic mass is 32.2. The summed E-state index contributed by atoms with van der Waals surface area (Å²) in [7, 11) is -3.61. The summed E-state index contributed by atoms with van der Waals surface area (Å²) in [6.07, 6.45) is 15.9. The van der Waals surface area contributed by atoms with E-state index in [1.807, 2.05) is 0 Å². The highest BCUT2D eigenvalue weighted by molar-refractivity contribution is 8.22. The number of hydrogen-bond donors (Lipinski definition) is 2. The Balaban J connectivity index is 1.80. The first-order valence-corrected chi connectivity index (χ1v) is 27.0. The summed E-state index contributed by atoms with van der Waals surface area (Å²) in [6, 6.07) is 7.71. The Hall–Kier alpha value is -1.57. The molecule has 0 atom stereocenters. The maximum absolute atomic E-state index is 3.70. The Kier molecular flexibility index (Phi) is 16.3. The zero-order chi connectivity index (χ0) is 35.5. The van der Waals surface area contributed by atoms with Gasteiger partial charge < -0.3 is 0 Å². The zero-order valence-electron chi connectivity index (χ0n) is 32.8. The predicted octanol–water partition coefficient (Wildman–Crippen LogP) is 14.9. The molecule has 3 rings (SSSR count). The third-order valence-electron chi connectivity index (χ3n) is 12.1. The van der Waals surface area contributed by atoms with Crippen LogP contribution in [0.2, 0.25) is 45.3 Å². The molecule has 0 radical (unpaired) electrons. The average molecular weight is 719 g/mol. The average Bonchev–Trinajstić information content (AvgIpc) is 3.75. The fourth-order valence-electron chi connectivity index (χ4n) is 9.53. The molecular weight excluding hydrogens is 649 g/mol. The monoisotopic (exact) mass is 718 g/mol. The number of allylic oxidation sites excluding steroid dienone is 4. The molecule has 2 aliphatic heterocycles. The van der Waals surface area contributed by atoms with Gasteiger partial charge >= 0.3 is 0 Å². The zero-order valence-corrected chi connectivity index (χ0v) is 36.6. The van der Waals surface area contributed by atoms with Gasteiger partial charge in [0.1, 0.15) is 0 Å². The van der Waals surface area contributed by atoms with Gasteiger partial charge in [-0.3, -0.25) is 0 Å². The van der Waals surface area contributed by atoms with Gasteiger partial charge in [0, 0.05) is 33.8 Å². The van der Waals surface area contributed by atoms with Crippen molar-refractivity contribution in [3.63, 3.8) is 0 Å². The Morgan fingerprint density at radius 3 is 1.02 bits per heavy atom. The van der Waals surface area contributed by atoms with Crippen LogP contribution in [0.4, 0.5) is 0 Å². The smallest absolute Gasteiger partial charge is 0.0612 e. The third kappa shape index (κ3) is 9.81. The van der Waals surface area contributed by atoms with E-state index in [0.29, 0.717) is 0 Å². The second kappa shape index (κ2) is 19.2. The van der Waals surface area contributed by atoms with E-state index in [-0.39, 0.29) is 0 Å². The first-order chi connectivity index (χ1) is 22.8. The Morgan fingerprint density at radius 1 is 0.458 bits per heavy atom. The summed E-state index contributed by atoms with van der Waals surface area (Å²) in [4.78, 5) is 2.76. The SMILES string of the molecule is CC(C)[Si](CCCCC#Cc1cc([SH]2C=CC=C2)c(C#CCCCC[Si](C(C)C)(C(C)C)C(C)C)cc1[SH]1C=CC=C1)(C(C)C)C(C)C. The maximum Gasteiger partial charge on any atom is 0.0612 e. The van der Waals surface area contributed by atoms with Crippen LogP contribution < -0.4 is 0 Å². The topological polar surface area (TPSA) is 0 Å². The summed E-state index contributed by atoms with van der Waals surface area (Å²) in [5.74, 6) is 14.7. The van der Waals surface area contributed by atoms with Crippen molar-refractivity contribution in [2.24, 2.45) is 0 Å². The van der Waals surface area contributed by atoms with Gasteiger partial charge in [-0.05, 0) is 46.6 Å². The molecule has 2 aliphatic rings. The molecule has 0 saturated heterocycles. The van der Waals surface area contributed by atoms with Crippen LogP contribution in [-0.2, 0) is 0 Å². The quantitative estimate of drug-likeness (QED) is 0.0723. The van der Waals surface area contributed by atoms with Crippen molar-refractivity contribution >= 4 is 37.9 Å². The van der Waals surface area contributed by atoms with Crippen molar-refractivity contribution in [2.45, 2.75) is 177 Å². The lowest BCUT2D eigenvalue weighted by Gasteiger charge is -2.43. The van der Waals surface area contributed by atoms with E-state index >= 15 is 0 Å². The molecule has 0 N–H and O–H groups in total. The van der Waals surface area contributed by atoms with E-state index in [0.717, 1.165) is 46.1 Å². The molecule has 0 unspecified atom stereocenters. The van der Waals surface area contributed by atoms with Gasteiger partial charge in [0.15, 0.2) is 0 Å². The fourth-order valence-corrected chi connectivity index (χ4v) is 26.1. The molecule has 0 fully saturated rings. The number of rotatable bonds is 16. The lowest BCUT2D eigenvalue weighted by Crippen LogP contribution is -2.44. The minimum absolute atomic E-state index is 0.473. The second-order valence-electron chi connectivity index (χ2n) is 16.2. The number of thiol groups is 2. The molecule has 0 amide bonds. The van der Waals surface area contributed by atoms with Gasteiger partial charge in [0.2, 0.25) is 0 Å². The van der Waals surface area contributed by atoms with Crippen LogP contribution in [0.3, 0.4) is 0 Å². The molecular formula is C44H70S2Si2. The van der Waals surface area contributed by atoms with Gasteiger partial charge in [-0.1, -0.05) is 189 Å². The van der Waals surface area contributed by atoms with Gasteiger partial charge in [-0.25, -0.2) is 0 Å². The van der Waals surface area contributed by atoms with Crippen molar-refractivity contribution in [2.75, 3.05) is 0 Å². The lowest BCUT2D eigenvalue weighted by molar-refractivity contribution is 0.741. The van der Waals surface area contributed by atoms with Crippen molar-refractivity contribution in [1.29, 1.82) is 0 Å². The highest BCUT2D eigenvalue weighted by Gasteiger charge is 2.42. The van der Waals surface area contributed by atoms with Crippen LogP contribution in [0.25, 0.3) is 0 Å². The summed E-state index contributed by atoms with van der Waals surface area (Å²) in [5.41, 5.74) is 7.46. The minimum Gasteiger partial charge on any atom is -0.185 e. The summed E-state index contributed by atoms with van der Waals surface area (Å²) >= 11 is 0. The van der Waals surface area contributed by atoms with Crippen LogP contribution in [0, 0.1) is 23.7 Å². The first-order valence-electron chi connectivity index (χ1n) is 19.2. The van der Waals surface area contributed by atoms with Gasteiger partial charge in [-0.15, -0.1) is 0 Å². The summed E-state index contributed by atoms with van der Waals surface area (Å²) in [6.45, 7) is 29.9. The largest absolute Gasteiger partial charge is 0.185 e. The van der Waals surface area contributed by atoms with Crippen molar-refractivity contribution in [3.05, 3.63) is 69.2 Å². The standard InChI is InChI=1S/C44H70S2Si2/c1-35(2)47(36(3)4,37(5)6)31-23-15-13-17-25-41-33-44(46-29-21-22-30-46)42(34-43(41)45-27-19-20-28-45)26-18-14-16-24-32-48(38(7)8,39(9)10)40(11)12/h19-22,27-30,33-40,45-46H,13-16,23-24,31-32H2,1-12H3. The molecule has 0 aliphatic carbocycles. The fraction of sp³-hybridized carbons (Fsp3) is 0.591. The Labute approximate surface area is 305 Å². The van der Waals surface area contributed by atoms with Gasteiger partial charge in [0.25, 0.3) is 0 Å². The molecule has 1 aromatic rings. The van der Waals surface area contributed by atoms with E-state index in [1.165, 1.54) is 58.7 Å². The van der Waals surface area contributed by atoms with Crippen LogP contribution in [0.15, 0.2) is 67.9 Å². The molecule has 1 aromatic carbocycles. The van der Waals surface area contributed by atoms with E-state index in [2.05, 4.69) is 165 Å². The second-order valence-corrected chi connectivity index (χ2v) is 32.4. The molecule has 266 valence electrons. The molecule has 2 heterocycles. The normalized spacial score (nSPS) is 16.0. The van der Waals surface area contributed by atoms with Gasteiger partial charge in [0.05, 0.1) is 16.1 Å². The molecule has 0 saturated carbocycles. The van der Waals surface area contributed by atoms with Crippen LogP contribution >= 0.6 is 21.8 Å². The molecule has 0 nitrogen and oxygen atoms in total. The molecule has 4 heteroatoms. The van der Waals surface area contributed by atoms with Crippen LogP contribution in [0.5, 0.6) is 0 Å². The maximum atomic E-state index is 3.70. The summed E-state index contributed by atoms with van der Waals surface area (Å²) < 4.78 is 0. The number of hydrogen-bond acceptors (Lipinski definition) is 0. The minimum atomic E-state index is -1.33. The van der Waals surface area contributed by atoms with Crippen molar-refractivity contribution < 1.29 is 0 Å². The molecule has 0 spiro atoms. The highest BCUT2D eigenvalue weighted by Crippen LogP contribution is 2.50. The lowest BCUT2D eigenvalue weighted by atomic mass is 10.1. The van der Waals surface area contributed by atoms with Crippen LogP contribution in [-0.4, -0.2) is 16.1 Å². The molecule has 0 bridgehead atoms. The van der Waals surface area contributed by atoms with Crippen molar-refractivity contribution in [1.82, 2.24) is 0 Å². The van der Waals surface area contributed by atoms with Gasteiger partial charge in [-0.2, -0.15) is 21.8 Å². The first kappa shape index (κ1) is 40.9. The molecule has 0 aromatic heterocycles. The predicted molar refractivity (Wildman–Crippen MR) is 231 cm³/mol. The third-order valence-corrected chi connectivity index (χ3v) is 31.3. The van der Waals surface area contributed by atoms with E-state index in [1.54, 1.807) is 0 Å². The van der Waals surface area contributed by atoms with E-state index in [9.17, 15) is 0 Å². The molecule has 48 heavy (non-hydrogen) atoms. The Morgan fingerprint density at radius 2 is 0.750 bits per heavy atom. The Bertz CT molecular complexity index is 1250. The van der Waals surface area contributed by atoms with E-state index < -0.39 is 37.9 Å². The van der Waals surface area contributed by atoms with E-state index in [4.69, 9.17) is 0 Å². The number of unbranched alkanes of at least 4 members (excludes halogenated alkanes) is 4. The summed E-state index contributed by atoms with van der Waals surface area (Å²) in [5, 5.41) is 9.48. The number of benzene rings is 1.